The number of fused-ring (bicyclic) bond motifs is 1. The molecule has 1 saturated carbocycles. The zero-order chi connectivity index (χ0) is 20.2. The number of aryl methyl sites for hydroxylation is 1. The molecule has 0 saturated heterocycles. The Balaban J connectivity index is 1.34. The predicted molar refractivity (Wildman–Crippen MR) is 110 cm³/mol. The summed E-state index contributed by atoms with van der Waals surface area (Å²) in [5, 5.41) is 8.32. The van der Waals surface area contributed by atoms with Gasteiger partial charge in [-0.2, -0.15) is 0 Å². The molecule has 0 radical (unpaired) electrons. The molecule has 4 aromatic rings. The molecule has 0 bridgehead atoms. The molecule has 1 fully saturated rings. The van der Waals surface area contributed by atoms with E-state index in [-0.39, 0.29) is 5.91 Å². The average Bonchev–Trinajstić information content (AvgIpc) is 3.18. The van der Waals surface area contributed by atoms with Crippen molar-refractivity contribution in [3.05, 3.63) is 72.1 Å². The lowest BCUT2D eigenvalue weighted by atomic mass is 10.1. The minimum Gasteiger partial charge on any atom is -0.309 e. The van der Waals surface area contributed by atoms with Gasteiger partial charge in [0.05, 0.1) is 12.9 Å². The molecule has 148 valence electrons. The summed E-state index contributed by atoms with van der Waals surface area (Å²) in [4.78, 5) is 23.9. The molecule has 1 aliphatic heterocycles. The Bertz CT molecular complexity index is 1280. The lowest BCUT2D eigenvalue weighted by molar-refractivity contribution is 0.0996. The van der Waals surface area contributed by atoms with Crippen molar-refractivity contribution in [2.24, 2.45) is 0 Å². The molecule has 0 N–H and O–H groups in total. The number of nitrogens with zero attached hydrogens (tertiary/aromatic N) is 7. The van der Waals surface area contributed by atoms with Crippen molar-refractivity contribution in [2.75, 3.05) is 4.90 Å². The van der Waals surface area contributed by atoms with Crippen LogP contribution in [0.25, 0.3) is 17.2 Å². The van der Waals surface area contributed by atoms with Crippen LogP contribution < -0.4 is 4.90 Å². The van der Waals surface area contributed by atoms with Crippen molar-refractivity contribution in [1.82, 2.24) is 29.3 Å². The Morgan fingerprint density at radius 3 is 2.80 bits per heavy atom. The first-order valence-corrected chi connectivity index (χ1v) is 10.00. The summed E-state index contributed by atoms with van der Waals surface area (Å²) >= 11 is 0. The van der Waals surface area contributed by atoms with E-state index in [2.05, 4.69) is 19.7 Å². The van der Waals surface area contributed by atoms with Crippen molar-refractivity contribution < 1.29 is 4.79 Å². The van der Waals surface area contributed by atoms with Gasteiger partial charge >= 0.3 is 0 Å². The summed E-state index contributed by atoms with van der Waals surface area (Å²) in [6.07, 6.45) is 7.61. The molecule has 0 unspecified atom stereocenters. The Morgan fingerprint density at radius 2 is 2.00 bits per heavy atom. The number of imidazole rings is 1. The molecule has 30 heavy (non-hydrogen) atoms. The number of hydrogen-bond acceptors (Lipinski definition) is 5. The SMILES string of the molecule is Cc1cncn1-c1ccc2c(c1)C(=O)N(c1cccc(-c3nncn3C3CC3)n1)C2. The number of amides is 1. The first kappa shape index (κ1) is 17.1. The molecule has 8 nitrogen and oxygen atoms in total. The fraction of sp³-hybridized carbons (Fsp3) is 0.227. The molecule has 1 aliphatic carbocycles. The van der Waals surface area contributed by atoms with E-state index in [1.165, 1.54) is 0 Å². The van der Waals surface area contributed by atoms with Crippen LogP contribution in [0.15, 0.2) is 55.2 Å². The number of benzene rings is 1. The lowest BCUT2D eigenvalue weighted by Gasteiger charge is -2.15. The van der Waals surface area contributed by atoms with Crippen molar-refractivity contribution >= 4 is 11.7 Å². The maximum Gasteiger partial charge on any atom is 0.260 e. The highest BCUT2D eigenvalue weighted by atomic mass is 16.2. The molecular weight excluding hydrogens is 378 g/mol. The van der Waals surface area contributed by atoms with Gasteiger partial charge in [-0.3, -0.25) is 9.69 Å². The van der Waals surface area contributed by atoms with Gasteiger partial charge in [0.15, 0.2) is 5.82 Å². The zero-order valence-electron chi connectivity index (χ0n) is 16.4. The van der Waals surface area contributed by atoms with Crippen LogP contribution in [-0.2, 0) is 6.54 Å². The maximum absolute atomic E-state index is 13.2. The van der Waals surface area contributed by atoms with E-state index in [1.54, 1.807) is 23.8 Å². The normalized spacial score (nSPS) is 15.6. The smallest absolute Gasteiger partial charge is 0.260 e. The second kappa shape index (κ2) is 6.35. The number of hydrogen-bond donors (Lipinski definition) is 0. The third-order valence-electron chi connectivity index (χ3n) is 5.75. The summed E-state index contributed by atoms with van der Waals surface area (Å²) < 4.78 is 4.05. The summed E-state index contributed by atoms with van der Waals surface area (Å²) in [7, 11) is 0. The monoisotopic (exact) mass is 397 g/mol. The number of anilines is 1. The molecule has 1 aromatic carbocycles. The van der Waals surface area contributed by atoms with E-state index in [1.807, 2.05) is 47.9 Å². The highest BCUT2D eigenvalue weighted by Crippen LogP contribution is 2.37. The van der Waals surface area contributed by atoms with Crippen LogP contribution >= 0.6 is 0 Å². The Hall–Kier alpha value is -3.81. The summed E-state index contributed by atoms with van der Waals surface area (Å²) in [6.45, 7) is 2.49. The molecule has 8 heteroatoms. The Labute approximate surface area is 172 Å². The van der Waals surface area contributed by atoms with Gasteiger partial charge in [-0.05, 0) is 49.6 Å². The van der Waals surface area contributed by atoms with Crippen LogP contribution in [0.3, 0.4) is 0 Å². The first-order valence-electron chi connectivity index (χ1n) is 10.00. The maximum atomic E-state index is 13.2. The van der Waals surface area contributed by atoms with Crippen LogP contribution in [0.4, 0.5) is 5.82 Å². The van der Waals surface area contributed by atoms with E-state index in [0.717, 1.165) is 41.3 Å². The summed E-state index contributed by atoms with van der Waals surface area (Å²) in [6, 6.07) is 12.1. The van der Waals surface area contributed by atoms with Gasteiger partial charge in [-0.25, -0.2) is 9.97 Å². The van der Waals surface area contributed by atoms with Gasteiger partial charge < -0.3 is 9.13 Å². The zero-order valence-corrected chi connectivity index (χ0v) is 16.4. The molecule has 3 aromatic heterocycles. The number of pyridine rings is 1. The van der Waals surface area contributed by atoms with E-state index >= 15 is 0 Å². The van der Waals surface area contributed by atoms with Crippen LogP contribution in [0, 0.1) is 6.92 Å². The number of carbonyl (C=O) groups is 1. The number of rotatable bonds is 4. The first-order chi connectivity index (χ1) is 14.7. The van der Waals surface area contributed by atoms with Crippen molar-refractivity contribution in [3.8, 4) is 17.2 Å². The second-order valence-corrected chi connectivity index (χ2v) is 7.81. The van der Waals surface area contributed by atoms with Gasteiger partial charge in [0.2, 0.25) is 0 Å². The second-order valence-electron chi connectivity index (χ2n) is 7.81. The molecule has 6 rings (SSSR count). The molecule has 0 atom stereocenters. The summed E-state index contributed by atoms with van der Waals surface area (Å²) in [5.41, 5.74) is 4.38. The topological polar surface area (TPSA) is 81.7 Å². The molecule has 1 amide bonds. The average molecular weight is 397 g/mol. The predicted octanol–water partition coefficient (Wildman–Crippen LogP) is 3.33. The molecule has 4 heterocycles. The largest absolute Gasteiger partial charge is 0.309 e. The van der Waals surface area contributed by atoms with Crippen molar-refractivity contribution in [1.29, 1.82) is 0 Å². The molecular formula is C22H19N7O. The Morgan fingerprint density at radius 1 is 1.10 bits per heavy atom. The minimum atomic E-state index is -0.0436. The van der Waals surface area contributed by atoms with Crippen LogP contribution in [0.5, 0.6) is 0 Å². The lowest BCUT2D eigenvalue weighted by Crippen LogP contribution is -2.24. The number of carbonyl (C=O) groups excluding carboxylic acids is 1. The van der Waals surface area contributed by atoms with E-state index in [4.69, 9.17) is 4.98 Å². The van der Waals surface area contributed by atoms with E-state index in [9.17, 15) is 4.79 Å². The fourth-order valence-corrected chi connectivity index (χ4v) is 4.00. The van der Waals surface area contributed by atoms with Gasteiger partial charge in [0, 0.05) is 29.2 Å². The van der Waals surface area contributed by atoms with Crippen LogP contribution in [-0.4, -0.2) is 35.2 Å². The quantitative estimate of drug-likeness (QED) is 0.528. The third kappa shape index (κ3) is 2.64. The van der Waals surface area contributed by atoms with Gasteiger partial charge in [0.25, 0.3) is 5.91 Å². The van der Waals surface area contributed by atoms with Crippen LogP contribution in [0.2, 0.25) is 0 Å². The Kier molecular flexibility index (Phi) is 3.61. The standard InChI is InChI=1S/C22H19N7O/c1-14-10-23-12-28(14)17-6-5-15-11-27(22(30)18(15)9-17)20-4-2-3-19(25-20)21-26-24-13-29(21)16-7-8-16/h2-6,9-10,12-13,16H,7-8,11H2,1H3. The van der Waals surface area contributed by atoms with Gasteiger partial charge in [-0.1, -0.05) is 12.1 Å². The third-order valence-corrected chi connectivity index (χ3v) is 5.75. The van der Waals surface area contributed by atoms with Gasteiger partial charge in [0.1, 0.15) is 17.8 Å². The van der Waals surface area contributed by atoms with Crippen LogP contribution in [0.1, 0.15) is 40.5 Å². The van der Waals surface area contributed by atoms with E-state index in [0.29, 0.717) is 24.0 Å². The van der Waals surface area contributed by atoms with Crippen molar-refractivity contribution in [2.45, 2.75) is 32.4 Å². The minimum absolute atomic E-state index is 0.0436. The summed E-state index contributed by atoms with van der Waals surface area (Å²) in [5.74, 6) is 1.33. The fourth-order valence-electron chi connectivity index (χ4n) is 4.00. The highest BCUT2D eigenvalue weighted by Gasteiger charge is 2.31. The molecule has 2 aliphatic rings. The molecule has 0 spiro atoms. The van der Waals surface area contributed by atoms with E-state index < -0.39 is 0 Å². The van der Waals surface area contributed by atoms with Crippen molar-refractivity contribution in [3.63, 3.8) is 0 Å². The van der Waals surface area contributed by atoms with Gasteiger partial charge in [-0.15, -0.1) is 10.2 Å². The number of aromatic nitrogens is 6. The highest BCUT2D eigenvalue weighted by molar-refractivity contribution is 6.09.